The first kappa shape index (κ1) is 15.0. The van der Waals surface area contributed by atoms with E-state index in [0.29, 0.717) is 18.2 Å². The molecule has 1 aromatic carbocycles. The van der Waals surface area contributed by atoms with Crippen molar-refractivity contribution in [2.45, 2.75) is 6.54 Å². The molecule has 3 rings (SSSR count). The van der Waals surface area contributed by atoms with Crippen molar-refractivity contribution in [1.82, 2.24) is 19.7 Å². The van der Waals surface area contributed by atoms with Crippen LogP contribution in [0.25, 0.3) is 5.69 Å². The van der Waals surface area contributed by atoms with Crippen LogP contribution in [0.5, 0.6) is 5.75 Å². The fraction of sp³-hybridized carbons (Fsp3) is 0.188. The lowest BCUT2D eigenvalue weighted by Crippen LogP contribution is -2.18. The maximum atomic E-state index is 13.0. The van der Waals surface area contributed by atoms with Gasteiger partial charge < -0.3 is 9.64 Å². The third-order valence-corrected chi connectivity index (χ3v) is 3.34. The summed E-state index contributed by atoms with van der Waals surface area (Å²) in [6.07, 6.45) is 6.91. The van der Waals surface area contributed by atoms with Gasteiger partial charge in [-0.15, -0.1) is 0 Å². The van der Waals surface area contributed by atoms with Gasteiger partial charge in [0.1, 0.15) is 5.82 Å². The van der Waals surface area contributed by atoms with Gasteiger partial charge >= 0.3 is 0 Å². The molecule has 0 unspecified atom stereocenters. The number of methoxy groups -OCH3 is 1. The zero-order chi connectivity index (χ0) is 16.2. The molecule has 0 saturated heterocycles. The third-order valence-electron chi connectivity index (χ3n) is 3.34. The second kappa shape index (κ2) is 6.43. The van der Waals surface area contributed by atoms with E-state index in [1.165, 1.54) is 12.1 Å². The zero-order valence-corrected chi connectivity index (χ0v) is 12.8. The number of halogens is 1. The van der Waals surface area contributed by atoms with E-state index in [2.05, 4.69) is 15.1 Å². The first-order valence-electron chi connectivity index (χ1n) is 7.02. The molecule has 0 bridgehead atoms. The Kier molecular flexibility index (Phi) is 4.18. The van der Waals surface area contributed by atoms with Crippen LogP contribution >= 0.6 is 0 Å². The van der Waals surface area contributed by atoms with Crippen LogP contribution in [-0.4, -0.2) is 33.9 Å². The van der Waals surface area contributed by atoms with E-state index in [-0.39, 0.29) is 5.82 Å². The Morgan fingerprint density at radius 2 is 1.83 bits per heavy atom. The van der Waals surface area contributed by atoms with Crippen LogP contribution < -0.4 is 9.64 Å². The monoisotopic (exact) mass is 313 g/mol. The maximum Gasteiger partial charge on any atom is 0.225 e. The van der Waals surface area contributed by atoms with Gasteiger partial charge in [0.25, 0.3) is 0 Å². The molecule has 0 radical (unpaired) electrons. The van der Waals surface area contributed by atoms with Crippen LogP contribution in [0.4, 0.5) is 10.3 Å². The lowest BCUT2D eigenvalue weighted by atomic mass is 10.3. The number of nitrogens with zero attached hydrogens (tertiary/aromatic N) is 5. The largest absolute Gasteiger partial charge is 0.494 e. The summed E-state index contributed by atoms with van der Waals surface area (Å²) in [4.78, 5) is 10.4. The minimum atomic E-state index is -0.266. The number of hydrogen-bond donors (Lipinski definition) is 0. The van der Waals surface area contributed by atoms with E-state index < -0.39 is 0 Å². The standard InChI is InChI=1S/C16H16FN5O/c1-21(16-18-8-15(23-2)9-19-16)10-12-7-20-22(11-12)14-5-3-13(17)4-6-14/h3-9,11H,10H2,1-2H3. The Balaban J connectivity index is 1.71. The highest BCUT2D eigenvalue weighted by Crippen LogP contribution is 2.14. The average molecular weight is 313 g/mol. The molecule has 2 aromatic heterocycles. The van der Waals surface area contributed by atoms with Crippen LogP contribution in [0.3, 0.4) is 0 Å². The van der Waals surface area contributed by atoms with Gasteiger partial charge in [0.05, 0.1) is 31.4 Å². The van der Waals surface area contributed by atoms with Crippen molar-refractivity contribution in [1.29, 1.82) is 0 Å². The minimum absolute atomic E-state index is 0.266. The van der Waals surface area contributed by atoms with Gasteiger partial charge in [-0.2, -0.15) is 5.10 Å². The van der Waals surface area contributed by atoms with Gasteiger partial charge in [0.2, 0.25) is 5.95 Å². The van der Waals surface area contributed by atoms with Crippen LogP contribution in [-0.2, 0) is 6.54 Å². The predicted molar refractivity (Wildman–Crippen MR) is 84.2 cm³/mol. The Hall–Kier alpha value is -2.96. The minimum Gasteiger partial charge on any atom is -0.494 e. The van der Waals surface area contributed by atoms with Crippen molar-refractivity contribution < 1.29 is 9.13 Å². The van der Waals surface area contributed by atoms with Gasteiger partial charge in [0.15, 0.2) is 5.75 Å². The highest BCUT2D eigenvalue weighted by Gasteiger charge is 2.08. The van der Waals surface area contributed by atoms with Crippen LogP contribution in [0.1, 0.15) is 5.56 Å². The molecule has 23 heavy (non-hydrogen) atoms. The summed E-state index contributed by atoms with van der Waals surface area (Å²) in [6, 6.07) is 6.19. The molecule has 2 heterocycles. The Labute approximate surface area is 133 Å². The van der Waals surface area contributed by atoms with Crippen molar-refractivity contribution in [2.24, 2.45) is 0 Å². The summed E-state index contributed by atoms with van der Waals surface area (Å²) in [5.41, 5.74) is 1.80. The molecule has 0 aliphatic rings. The van der Waals surface area contributed by atoms with Crippen LogP contribution in [0.15, 0.2) is 49.1 Å². The van der Waals surface area contributed by atoms with Crippen LogP contribution in [0, 0.1) is 5.82 Å². The molecular weight excluding hydrogens is 297 g/mol. The second-order valence-corrected chi connectivity index (χ2v) is 5.05. The van der Waals surface area contributed by atoms with E-state index >= 15 is 0 Å². The van der Waals surface area contributed by atoms with E-state index in [9.17, 15) is 4.39 Å². The Bertz CT molecular complexity index is 770. The van der Waals surface area contributed by atoms with E-state index in [4.69, 9.17) is 4.74 Å². The number of benzene rings is 1. The summed E-state index contributed by atoms with van der Waals surface area (Å²) in [5, 5.41) is 4.30. The summed E-state index contributed by atoms with van der Waals surface area (Å²) in [6.45, 7) is 0.605. The lowest BCUT2D eigenvalue weighted by molar-refractivity contribution is 0.410. The Morgan fingerprint density at radius 1 is 1.13 bits per heavy atom. The second-order valence-electron chi connectivity index (χ2n) is 5.05. The molecule has 0 fully saturated rings. The number of aromatic nitrogens is 4. The third kappa shape index (κ3) is 3.45. The molecule has 0 spiro atoms. The number of hydrogen-bond acceptors (Lipinski definition) is 5. The topological polar surface area (TPSA) is 56.1 Å². The molecular formula is C16H16FN5O. The van der Waals surface area contributed by atoms with Gasteiger partial charge in [-0.05, 0) is 24.3 Å². The molecule has 0 atom stereocenters. The summed E-state index contributed by atoms with van der Waals surface area (Å²) < 4.78 is 19.7. The number of anilines is 1. The molecule has 0 N–H and O–H groups in total. The van der Waals surface area contributed by atoms with Crippen molar-refractivity contribution in [3.8, 4) is 11.4 Å². The van der Waals surface area contributed by atoms with Gasteiger partial charge in [-0.25, -0.2) is 19.0 Å². The molecule has 7 heteroatoms. The summed E-state index contributed by atoms with van der Waals surface area (Å²) in [5.74, 6) is 0.948. The molecule has 118 valence electrons. The molecule has 6 nitrogen and oxygen atoms in total. The van der Waals surface area contributed by atoms with Gasteiger partial charge in [0, 0.05) is 25.4 Å². The van der Waals surface area contributed by atoms with E-state index in [1.54, 1.807) is 42.5 Å². The van der Waals surface area contributed by atoms with Crippen molar-refractivity contribution >= 4 is 5.95 Å². The quantitative estimate of drug-likeness (QED) is 0.724. The predicted octanol–water partition coefficient (Wildman–Crippen LogP) is 2.45. The van der Waals surface area contributed by atoms with Gasteiger partial charge in [-0.1, -0.05) is 0 Å². The van der Waals surface area contributed by atoms with E-state index in [0.717, 1.165) is 11.3 Å². The molecule has 0 aliphatic heterocycles. The zero-order valence-electron chi connectivity index (χ0n) is 12.8. The van der Waals surface area contributed by atoms with Crippen molar-refractivity contribution in [3.63, 3.8) is 0 Å². The molecule has 0 aliphatic carbocycles. The first-order valence-corrected chi connectivity index (χ1v) is 7.02. The van der Waals surface area contributed by atoms with Crippen molar-refractivity contribution in [3.05, 3.63) is 60.4 Å². The molecule has 0 amide bonds. The fourth-order valence-corrected chi connectivity index (χ4v) is 2.13. The lowest BCUT2D eigenvalue weighted by Gasteiger charge is -2.15. The number of rotatable bonds is 5. The SMILES string of the molecule is COc1cnc(N(C)Cc2cnn(-c3ccc(F)cc3)c2)nc1. The first-order chi connectivity index (χ1) is 11.2. The Morgan fingerprint density at radius 3 is 2.48 bits per heavy atom. The molecule has 0 saturated carbocycles. The van der Waals surface area contributed by atoms with Crippen LogP contribution in [0.2, 0.25) is 0 Å². The smallest absolute Gasteiger partial charge is 0.225 e. The average Bonchev–Trinajstić information content (AvgIpc) is 3.04. The van der Waals surface area contributed by atoms with Gasteiger partial charge in [-0.3, -0.25) is 0 Å². The van der Waals surface area contributed by atoms with Crippen molar-refractivity contribution in [2.75, 3.05) is 19.1 Å². The highest BCUT2D eigenvalue weighted by molar-refractivity contribution is 5.34. The summed E-state index contributed by atoms with van der Waals surface area (Å²) in [7, 11) is 3.48. The maximum absolute atomic E-state index is 13.0. The highest BCUT2D eigenvalue weighted by atomic mass is 19.1. The number of ether oxygens (including phenoxy) is 1. The summed E-state index contributed by atoms with van der Waals surface area (Å²) >= 11 is 0. The van der Waals surface area contributed by atoms with E-state index in [1.807, 2.05) is 18.1 Å². The normalized spacial score (nSPS) is 10.6. The fourth-order valence-electron chi connectivity index (χ4n) is 2.13. The molecule has 3 aromatic rings.